The maximum atomic E-state index is 11.6. The zero-order chi connectivity index (χ0) is 13.8. The number of rotatable bonds is 5. The van der Waals surface area contributed by atoms with E-state index in [1.807, 2.05) is 32.0 Å². The van der Waals surface area contributed by atoms with Gasteiger partial charge in [0.25, 0.3) is 0 Å². The van der Waals surface area contributed by atoms with Gasteiger partial charge in [-0.2, -0.15) is 0 Å². The van der Waals surface area contributed by atoms with Gasteiger partial charge in [-0.05, 0) is 32.0 Å². The van der Waals surface area contributed by atoms with Gasteiger partial charge >= 0.3 is 0 Å². The van der Waals surface area contributed by atoms with Crippen molar-refractivity contribution in [1.82, 2.24) is 10.3 Å². The molecule has 1 aromatic heterocycles. The number of hydrogen-bond acceptors (Lipinski definition) is 5. The molecule has 2 aromatic rings. The molecule has 0 bridgehead atoms. The van der Waals surface area contributed by atoms with Crippen LogP contribution in [0, 0.1) is 0 Å². The molecular weight excluding hydrogens is 262 g/mol. The van der Waals surface area contributed by atoms with Crippen molar-refractivity contribution in [3.05, 3.63) is 18.2 Å². The first-order chi connectivity index (χ1) is 9.13. The van der Waals surface area contributed by atoms with Crippen LogP contribution in [-0.2, 0) is 4.79 Å². The average molecular weight is 279 g/mol. The first-order valence-electron chi connectivity index (χ1n) is 6.13. The van der Waals surface area contributed by atoms with Crippen molar-refractivity contribution in [1.29, 1.82) is 0 Å². The zero-order valence-corrected chi connectivity index (χ0v) is 12.0. The number of carbonyl (C=O) groups is 1. The SMILES string of the molecule is CCNC(=O)C(C)Nc1nc2ccc(OC)cc2s1. The molecule has 0 aliphatic carbocycles. The molecule has 0 saturated heterocycles. The fourth-order valence-electron chi connectivity index (χ4n) is 1.67. The van der Waals surface area contributed by atoms with Crippen LogP contribution in [0.1, 0.15) is 13.8 Å². The molecule has 0 aliphatic rings. The van der Waals surface area contributed by atoms with Gasteiger partial charge in [-0.3, -0.25) is 4.79 Å². The highest BCUT2D eigenvalue weighted by atomic mass is 32.1. The lowest BCUT2D eigenvalue weighted by molar-refractivity contribution is -0.121. The van der Waals surface area contributed by atoms with Gasteiger partial charge in [-0.15, -0.1) is 0 Å². The molecule has 6 heteroatoms. The Labute approximate surface area is 116 Å². The highest BCUT2D eigenvalue weighted by Crippen LogP contribution is 2.29. The summed E-state index contributed by atoms with van der Waals surface area (Å²) >= 11 is 1.51. The highest BCUT2D eigenvalue weighted by Gasteiger charge is 2.13. The van der Waals surface area contributed by atoms with E-state index >= 15 is 0 Å². The first-order valence-corrected chi connectivity index (χ1v) is 6.94. The van der Waals surface area contributed by atoms with E-state index in [1.54, 1.807) is 7.11 Å². The van der Waals surface area contributed by atoms with E-state index in [0.29, 0.717) is 6.54 Å². The predicted octanol–water partition coefficient (Wildman–Crippen LogP) is 2.24. The second-order valence-corrected chi connectivity index (χ2v) is 5.14. The molecule has 2 N–H and O–H groups in total. The Morgan fingerprint density at radius 1 is 1.53 bits per heavy atom. The third-order valence-electron chi connectivity index (χ3n) is 2.68. The third-order valence-corrected chi connectivity index (χ3v) is 3.63. The van der Waals surface area contributed by atoms with Crippen molar-refractivity contribution in [2.24, 2.45) is 0 Å². The Morgan fingerprint density at radius 2 is 2.32 bits per heavy atom. The number of thiazole rings is 1. The monoisotopic (exact) mass is 279 g/mol. The minimum Gasteiger partial charge on any atom is -0.497 e. The number of nitrogens with one attached hydrogen (secondary N) is 2. The van der Waals surface area contributed by atoms with Gasteiger partial charge in [0.1, 0.15) is 11.8 Å². The minimum atomic E-state index is -0.303. The van der Waals surface area contributed by atoms with E-state index in [1.165, 1.54) is 11.3 Å². The van der Waals surface area contributed by atoms with Gasteiger partial charge in [0.2, 0.25) is 5.91 Å². The topological polar surface area (TPSA) is 63.2 Å². The van der Waals surface area contributed by atoms with Crippen LogP contribution in [0.3, 0.4) is 0 Å². The number of likely N-dealkylation sites (N-methyl/N-ethyl adjacent to an activating group) is 1. The number of aromatic nitrogens is 1. The van der Waals surface area contributed by atoms with Crippen molar-refractivity contribution in [2.75, 3.05) is 19.0 Å². The molecule has 1 aromatic carbocycles. The lowest BCUT2D eigenvalue weighted by atomic mass is 10.3. The van der Waals surface area contributed by atoms with Gasteiger partial charge in [-0.25, -0.2) is 4.98 Å². The standard InChI is InChI=1S/C13H17N3O2S/c1-4-14-12(17)8(2)15-13-16-10-6-5-9(18-3)7-11(10)19-13/h5-8H,4H2,1-3H3,(H,14,17)(H,15,16). The lowest BCUT2D eigenvalue weighted by Crippen LogP contribution is -2.37. The van der Waals surface area contributed by atoms with Gasteiger partial charge in [0.15, 0.2) is 5.13 Å². The summed E-state index contributed by atoms with van der Waals surface area (Å²) in [6.07, 6.45) is 0. The summed E-state index contributed by atoms with van der Waals surface area (Å²) in [5, 5.41) is 6.62. The molecule has 0 fully saturated rings. The third kappa shape index (κ3) is 3.14. The van der Waals surface area contributed by atoms with E-state index in [9.17, 15) is 4.79 Å². The van der Waals surface area contributed by atoms with E-state index in [0.717, 1.165) is 21.1 Å². The Hall–Kier alpha value is -1.82. The number of ether oxygens (including phenoxy) is 1. The van der Waals surface area contributed by atoms with E-state index in [2.05, 4.69) is 15.6 Å². The number of amides is 1. The Balaban J connectivity index is 2.15. The molecular formula is C13H17N3O2S. The molecule has 1 atom stereocenters. The summed E-state index contributed by atoms with van der Waals surface area (Å²) in [6, 6.07) is 5.42. The molecule has 0 aliphatic heterocycles. The fraction of sp³-hybridized carbons (Fsp3) is 0.385. The quantitative estimate of drug-likeness (QED) is 0.881. The maximum Gasteiger partial charge on any atom is 0.242 e. The summed E-state index contributed by atoms with van der Waals surface area (Å²) in [5.41, 5.74) is 0.899. The molecule has 2 rings (SSSR count). The summed E-state index contributed by atoms with van der Waals surface area (Å²) in [4.78, 5) is 16.1. The van der Waals surface area contributed by atoms with Gasteiger partial charge in [0.05, 0.1) is 17.3 Å². The molecule has 1 unspecified atom stereocenters. The largest absolute Gasteiger partial charge is 0.497 e. The number of methoxy groups -OCH3 is 1. The molecule has 1 heterocycles. The first kappa shape index (κ1) is 13.6. The van der Waals surface area contributed by atoms with Crippen LogP contribution in [0.2, 0.25) is 0 Å². The molecule has 1 amide bonds. The molecule has 0 radical (unpaired) electrons. The van der Waals surface area contributed by atoms with Crippen LogP contribution >= 0.6 is 11.3 Å². The van der Waals surface area contributed by atoms with Crippen molar-refractivity contribution in [2.45, 2.75) is 19.9 Å². The second kappa shape index (κ2) is 5.88. The Kier molecular flexibility index (Phi) is 4.21. The molecule has 0 spiro atoms. The number of anilines is 1. The number of fused-ring (bicyclic) bond motifs is 1. The predicted molar refractivity (Wildman–Crippen MR) is 77.9 cm³/mol. The fourth-order valence-corrected chi connectivity index (χ4v) is 2.65. The van der Waals surface area contributed by atoms with Crippen molar-refractivity contribution >= 4 is 32.6 Å². The normalized spacial score (nSPS) is 12.2. The van der Waals surface area contributed by atoms with Crippen LogP contribution in [0.15, 0.2) is 18.2 Å². The van der Waals surface area contributed by atoms with Crippen molar-refractivity contribution in [3.63, 3.8) is 0 Å². The number of hydrogen-bond donors (Lipinski definition) is 2. The molecule has 0 saturated carbocycles. The van der Waals surface area contributed by atoms with Gasteiger partial charge < -0.3 is 15.4 Å². The van der Waals surface area contributed by atoms with Crippen LogP contribution in [0.5, 0.6) is 5.75 Å². The van der Waals surface area contributed by atoms with E-state index in [4.69, 9.17) is 4.74 Å². The van der Waals surface area contributed by atoms with Crippen LogP contribution in [0.25, 0.3) is 10.2 Å². The molecule has 102 valence electrons. The van der Waals surface area contributed by atoms with E-state index < -0.39 is 0 Å². The summed E-state index contributed by atoms with van der Waals surface area (Å²) in [5.74, 6) is 0.777. The number of carbonyl (C=O) groups excluding carboxylic acids is 1. The Morgan fingerprint density at radius 3 is 3.00 bits per heavy atom. The zero-order valence-electron chi connectivity index (χ0n) is 11.2. The van der Waals surface area contributed by atoms with E-state index in [-0.39, 0.29) is 11.9 Å². The second-order valence-electron chi connectivity index (χ2n) is 4.11. The van der Waals surface area contributed by atoms with Crippen LogP contribution < -0.4 is 15.4 Å². The van der Waals surface area contributed by atoms with Crippen LogP contribution in [0.4, 0.5) is 5.13 Å². The maximum absolute atomic E-state index is 11.6. The Bertz CT molecular complexity index is 582. The highest BCUT2D eigenvalue weighted by molar-refractivity contribution is 7.22. The number of benzene rings is 1. The molecule has 19 heavy (non-hydrogen) atoms. The average Bonchev–Trinajstić information content (AvgIpc) is 2.79. The van der Waals surface area contributed by atoms with Crippen LogP contribution in [-0.4, -0.2) is 30.6 Å². The summed E-state index contributed by atoms with van der Waals surface area (Å²) in [7, 11) is 1.64. The molecule has 5 nitrogen and oxygen atoms in total. The van der Waals surface area contributed by atoms with Gasteiger partial charge in [0, 0.05) is 6.54 Å². The van der Waals surface area contributed by atoms with Crippen molar-refractivity contribution < 1.29 is 9.53 Å². The summed E-state index contributed by atoms with van der Waals surface area (Å²) in [6.45, 7) is 4.34. The smallest absolute Gasteiger partial charge is 0.242 e. The number of nitrogens with zero attached hydrogens (tertiary/aromatic N) is 1. The van der Waals surface area contributed by atoms with Gasteiger partial charge in [-0.1, -0.05) is 11.3 Å². The van der Waals surface area contributed by atoms with Crippen molar-refractivity contribution in [3.8, 4) is 5.75 Å². The summed E-state index contributed by atoms with van der Waals surface area (Å²) < 4.78 is 6.21. The minimum absolute atomic E-state index is 0.0284. The lowest BCUT2D eigenvalue weighted by Gasteiger charge is -2.11.